The van der Waals surface area contributed by atoms with Crippen LogP contribution in [0.25, 0.3) is 0 Å². The molecule has 1 aliphatic rings. The number of carboxylic acid groups (broad SMARTS) is 1. The molecular weight excluding hydrogens is 512 g/mol. The Balaban J connectivity index is 1.72. The van der Waals surface area contributed by atoms with Crippen molar-refractivity contribution in [3.63, 3.8) is 0 Å². The van der Waals surface area contributed by atoms with Crippen molar-refractivity contribution in [3.8, 4) is 11.5 Å². The molecule has 5 N–H and O–H groups in total. The van der Waals surface area contributed by atoms with Crippen molar-refractivity contribution < 1.29 is 32.9 Å². The van der Waals surface area contributed by atoms with Crippen molar-refractivity contribution in [3.05, 3.63) is 48.0 Å². The molecule has 0 aliphatic carbocycles. The summed E-state index contributed by atoms with van der Waals surface area (Å²) in [5.74, 6) is 1.44. The van der Waals surface area contributed by atoms with Crippen LogP contribution in [0.3, 0.4) is 0 Å². The molecule has 0 fully saturated rings. The normalized spacial score (nSPS) is 16.7. The predicted octanol–water partition coefficient (Wildman–Crippen LogP) is 2.35. The van der Waals surface area contributed by atoms with Gasteiger partial charge in [-0.05, 0) is 56.0 Å². The molecule has 3 rings (SSSR count). The number of ether oxygens (including phenoxy) is 2. The summed E-state index contributed by atoms with van der Waals surface area (Å²) in [6, 6.07) is 10.8. The summed E-state index contributed by atoms with van der Waals surface area (Å²) in [5.41, 5.74) is 1.54. The molecule has 1 aliphatic heterocycles. The van der Waals surface area contributed by atoms with E-state index in [0.717, 1.165) is 17.8 Å². The number of nitrogens with zero attached hydrogens (tertiary/aromatic N) is 1. The van der Waals surface area contributed by atoms with Crippen LogP contribution in [-0.4, -0.2) is 69.5 Å². The summed E-state index contributed by atoms with van der Waals surface area (Å²) >= 11 is 0. The number of hydrogen-bond acceptors (Lipinski definition) is 8. The van der Waals surface area contributed by atoms with Crippen LogP contribution in [0.15, 0.2) is 47.4 Å². The lowest BCUT2D eigenvalue weighted by atomic mass is 10.0. The van der Waals surface area contributed by atoms with Gasteiger partial charge < -0.3 is 29.9 Å². The number of methoxy groups -OCH3 is 1. The molecule has 0 aromatic heterocycles. The minimum absolute atomic E-state index is 0.0176. The molecule has 38 heavy (non-hydrogen) atoms. The molecule has 2 aromatic carbocycles. The summed E-state index contributed by atoms with van der Waals surface area (Å²) in [4.78, 5) is 13.4. The highest BCUT2D eigenvalue weighted by atomic mass is 32.2. The van der Waals surface area contributed by atoms with Gasteiger partial charge >= 0.3 is 6.09 Å². The molecule has 1 unspecified atom stereocenters. The van der Waals surface area contributed by atoms with Crippen LogP contribution < -0.4 is 29.7 Å². The van der Waals surface area contributed by atoms with Gasteiger partial charge in [-0.15, -0.1) is 0 Å². The number of rotatable bonds is 13. The Bertz CT molecular complexity index is 1190. The van der Waals surface area contributed by atoms with Gasteiger partial charge in [0.2, 0.25) is 16.4 Å². The summed E-state index contributed by atoms with van der Waals surface area (Å²) in [7, 11) is -2.49. The van der Waals surface area contributed by atoms with Crippen LogP contribution in [0.1, 0.15) is 33.3 Å². The third-order valence-corrected chi connectivity index (χ3v) is 7.40. The van der Waals surface area contributed by atoms with Gasteiger partial charge in [-0.25, -0.2) is 17.9 Å². The molecule has 1 amide bonds. The van der Waals surface area contributed by atoms with Crippen LogP contribution in [0.2, 0.25) is 0 Å². The van der Waals surface area contributed by atoms with E-state index in [4.69, 9.17) is 9.47 Å². The molecule has 0 spiro atoms. The van der Waals surface area contributed by atoms with Crippen molar-refractivity contribution in [2.75, 3.05) is 25.1 Å². The molecular formula is C26H38N4O7S. The highest BCUT2D eigenvalue weighted by Gasteiger charge is 2.33. The average Bonchev–Trinajstić information content (AvgIpc) is 3.17. The summed E-state index contributed by atoms with van der Waals surface area (Å²) < 4.78 is 39.7. The van der Waals surface area contributed by atoms with Crippen LogP contribution in [-0.2, 0) is 16.4 Å². The number of benzene rings is 2. The lowest BCUT2D eigenvalue weighted by molar-refractivity contribution is 0.122. The second-order valence-electron chi connectivity index (χ2n) is 9.99. The standard InChI is InChI=1S/C26H38N4O7S/c1-16(2)15-30-22-11-10-20(13-24(22)37-25(30)28-17(3)4)38(34,35)27-14-23(31)21(29-26(32)33)12-18-6-8-19(36-5)9-7-18/h6-11,13,16-17,21,23,25,27-29,31H,12,14-15H2,1-5H3,(H,32,33)/t21-,23-,25?/m0/s1. The van der Waals surface area contributed by atoms with Gasteiger partial charge in [0.1, 0.15) is 11.5 Å². The molecule has 11 nitrogen and oxygen atoms in total. The Labute approximate surface area is 224 Å². The Morgan fingerprint density at radius 1 is 1.13 bits per heavy atom. The van der Waals surface area contributed by atoms with E-state index in [-0.39, 0.29) is 17.4 Å². The largest absolute Gasteiger partial charge is 0.497 e. The number of fused-ring (bicyclic) bond motifs is 1. The van der Waals surface area contributed by atoms with Crippen LogP contribution in [0, 0.1) is 5.92 Å². The molecule has 210 valence electrons. The molecule has 0 saturated carbocycles. The zero-order chi connectivity index (χ0) is 28.0. The van der Waals surface area contributed by atoms with E-state index in [0.29, 0.717) is 17.4 Å². The van der Waals surface area contributed by atoms with Crippen LogP contribution >= 0.6 is 0 Å². The zero-order valence-electron chi connectivity index (χ0n) is 22.3. The topological polar surface area (TPSA) is 149 Å². The van der Waals surface area contributed by atoms with Gasteiger partial charge in [-0.1, -0.05) is 26.0 Å². The highest BCUT2D eigenvalue weighted by molar-refractivity contribution is 7.89. The summed E-state index contributed by atoms with van der Waals surface area (Å²) in [6.07, 6.45) is -2.91. The first-order valence-corrected chi connectivity index (χ1v) is 14.0. The molecule has 3 atom stereocenters. The molecule has 0 radical (unpaired) electrons. The number of aliphatic hydroxyl groups is 1. The Morgan fingerprint density at radius 3 is 2.39 bits per heavy atom. The van der Waals surface area contributed by atoms with Crippen molar-refractivity contribution >= 4 is 21.8 Å². The van der Waals surface area contributed by atoms with Crippen molar-refractivity contribution in [2.45, 2.75) is 63.6 Å². The minimum atomic E-state index is -4.02. The number of sulfonamides is 1. The quantitative estimate of drug-likeness (QED) is 0.253. The van der Waals surface area contributed by atoms with Crippen molar-refractivity contribution in [1.82, 2.24) is 15.4 Å². The first kappa shape index (κ1) is 29.5. The predicted molar refractivity (Wildman–Crippen MR) is 144 cm³/mol. The van der Waals surface area contributed by atoms with E-state index < -0.39 is 41.2 Å². The fraction of sp³-hybridized carbons (Fsp3) is 0.500. The van der Waals surface area contributed by atoms with Crippen LogP contribution in [0.4, 0.5) is 10.5 Å². The Hall–Kier alpha value is -3.06. The fourth-order valence-corrected chi connectivity index (χ4v) is 5.24. The number of aliphatic hydroxyl groups excluding tert-OH is 1. The van der Waals surface area contributed by atoms with Gasteiger partial charge in [-0.2, -0.15) is 0 Å². The maximum Gasteiger partial charge on any atom is 0.404 e. The van der Waals surface area contributed by atoms with Gasteiger partial charge in [0, 0.05) is 25.2 Å². The Morgan fingerprint density at radius 2 is 1.82 bits per heavy atom. The van der Waals surface area contributed by atoms with E-state index in [1.165, 1.54) is 19.2 Å². The number of anilines is 1. The zero-order valence-corrected chi connectivity index (χ0v) is 23.2. The average molecular weight is 551 g/mol. The van der Waals surface area contributed by atoms with E-state index in [1.807, 2.05) is 13.8 Å². The first-order valence-electron chi connectivity index (χ1n) is 12.5. The smallest absolute Gasteiger partial charge is 0.404 e. The molecule has 2 aromatic rings. The minimum Gasteiger partial charge on any atom is -0.497 e. The van der Waals surface area contributed by atoms with E-state index in [9.17, 15) is 23.4 Å². The van der Waals surface area contributed by atoms with Crippen LogP contribution in [0.5, 0.6) is 11.5 Å². The first-order chi connectivity index (χ1) is 17.9. The van der Waals surface area contributed by atoms with E-state index in [2.05, 4.69) is 34.1 Å². The van der Waals surface area contributed by atoms with Gasteiger partial charge in [0.25, 0.3) is 0 Å². The monoisotopic (exact) mass is 550 g/mol. The van der Waals surface area contributed by atoms with Gasteiger partial charge in [0.15, 0.2) is 0 Å². The molecule has 1 heterocycles. The second-order valence-corrected chi connectivity index (χ2v) is 11.8. The second kappa shape index (κ2) is 12.7. The molecule has 0 bridgehead atoms. The summed E-state index contributed by atoms with van der Waals surface area (Å²) in [6.45, 7) is 8.54. The molecule has 12 heteroatoms. The lowest BCUT2D eigenvalue weighted by Gasteiger charge is -2.28. The van der Waals surface area contributed by atoms with Crippen molar-refractivity contribution in [1.29, 1.82) is 0 Å². The van der Waals surface area contributed by atoms with Gasteiger partial charge in [-0.3, -0.25) is 5.32 Å². The van der Waals surface area contributed by atoms with Crippen molar-refractivity contribution in [2.24, 2.45) is 5.92 Å². The van der Waals surface area contributed by atoms with Gasteiger partial charge in [0.05, 0.1) is 29.8 Å². The lowest BCUT2D eigenvalue weighted by Crippen LogP contribution is -2.50. The third-order valence-electron chi connectivity index (χ3n) is 5.98. The third kappa shape index (κ3) is 7.73. The van der Waals surface area contributed by atoms with E-state index in [1.54, 1.807) is 30.3 Å². The highest BCUT2D eigenvalue weighted by Crippen LogP contribution is 2.38. The fourth-order valence-electron chi connectivity index (χ4n) is 4.18. The van der Waals surface area contributed by atoms with E-state index >= 15 is 0 Å². The molecule has 0 saturated heterocycles. The number of nitrogens with one attached hydrogen (secondary N) is 3. The number of carbonyl (C=O) groups is 1. The maximum atomic E-state index is 13.1. The maximum absolute atomic E-state index is 13.1. The number of amides is 1. The Kier molecular flexibility index (Phi) is 9.82. The summed E-state index contributed by atoms with van der Waals surface area (Å²) in [5, 5.41) is 25.6. The number of hydrogen-bond donors (Lipinski definition) is 5. The SMILES string of the molecule is COc1ccc(C[C@H](NC(=O)O)[C@@H](O)CNS(=O)(=O)c2ccc3c(c2)OC(NC(C)C)N3CC(C)C)cc1.